The van der Waals surface area contributed by atoms with Crippen LogP contribution in [0.5, 0.6) is 0 Å². The van der Waals surface area contributed by atoms with Gasteiger partial charge in [0.1, 0.15) is 0 Å². The maximum atomic E-state index is 12.0. The van der Waals surface area contributed by atoms with Crippen LogP contribution in [0, 0.1) is 0 Å². The first-order chi connectivity index (χ1) is 8.66. The van der Waals surface area contributed by atoms with E-state index in [4.69, 9.17) is 0 Å². The highest BCUT2D eigenvalue weighted by Crippen LogP contribution is 2.26. The lowest BCUT2D eigenvalue weighted by Crippen LogP contribution is -2.27. The molecule has 1 unspecified atom stereocenters. The van der Waals surface area contributed by atoms with E-state index >= 15 is 0 Å². The van der Waals surface area contributed by atoms with Gasteiger partial charge >= 0.3 is 0 Å². The van der Waals surface area contributed by atoms with E-state index in [-0.39, 0.29) is 16.9 Å². The average molecular weight is 263 g/mol. The highest BCUT2D eigenvalue weighted by atomic mass is 32.2. The van der Waals surface area contributed by atoms with Crippen LogP contribution in [0.2, 0.25) is 0 Å². The van der Waals surface area contributed by atoms with Gasteiger partial charge in [-0.1, -0.05) is 6.42 Å². The van der Waals surface area contributed by atoms with Gasteiger partial charge in [-0.25, -0.2) is 0 Å². The number of rotatable bonds is 3. The Balaban J connectivity index is 1.96. The molecule has 18 heavy (non-hydrogen) atoms. The minimum Gasteiger partial charge on any atom is -0.325 e. The number of carbonyl (C=O) groups is 2. The quantitative estimate of drug-likeness (QED) is 0.852. The van der Waals surface area contributed by atoms with Gasteiger partial charge in [-0.3, -0.25) is 9.59 Å². The number of hydrogen-bond donors (Lipinski definition) is 1. The normalized spacial score (nSPS) is 19.3. The number of nitrogens with one attached hydrogen (secondary N) is 1. The van der Waals surface area contributed by atoms with Gasteiger partial charge in [-0.15, -0.1) is 11.8 Å². The molecule has 1 aliphatic heterocycles. The molecule has 0 aliphatic carbocycles. The zero-order valence-corrected chi connectivity index (χ0v) is 11.3. The van der Waals surface area contributed by atoms with Crippen molar-refractivity contribution in [2.45, 2.75) is 31.4 Å². The van der Waals surface area contributed by atoms with Crippen LogP contribution in [0.4, 0.5) is 5.69 Å². The molecule has 1 heterocycles. The van der Waals surface area contributed by atoms with Crippen LogP contribution >= 0.6 is 11.8 Å². The van der Waals surface area contributed by atoms with Crippen LogP contribution in [0.15, 0.2) is 24.3 Å². The largest absolute Gasteiger partial charge is 0.325 e. The molecule has 0 aromatic heterocycles. The second-order valence-electron chi connectivity index (χ2n) is 4.48. The topological polar surface area (TPSA) is 46.2 Å². The molecule has 1 aliphatic rings. The molecule has 96 valence electrons. The van der Waals surface area contributed by atoms with Gasteiger partial charge in [0.05, 0.1) is 5.25 Å². The summed E-state index contributed by atoms with van der Waals surface area (Å²) in [5.74, 6) is 1.19. The van der Waals surface area contributed by atoms with E-state index < -0.39 is 0 Å². The number of anilines is 1. The zero-order valence-electron chi connectivity index (χ0n) is 10.4. The van der Waals surface area contributed by atoms with Crippen LogP contribution in [-0.4, -0.2) is 22.7 Å². The molecule has 1 aromatic rings. The summed E-state index contributed by atoms with van der Waals surface area (Å²) >= 11 is 1.73. The van der Waals surface area contributed by atoms with Crippen molar-refractivity contribution in [1.29, 1.82) is 0 Å². The summed E-state index contributed by atoms with van der Waals surface area (Å²) in [4.78, 5) is 23.1. The van der Waals surface area contributed by atoms with Crippen molar-refractivity contribution < 1.29 is 9.59 Å². The van der Waals surface area contributed by atoms with Gasteiger partial charge < -0.3 is 5.32 Å². The molecule has 1 fully saturated rings. The molecule has 0 saturated carbocycles. The van der Waals surface area contributed by atoms with Crippen molar-refractivity contribution >= 4 is 29.1 Å². The Kier molecular flexibility index (Phi) is 4.42. The fourth-order valence-corrected chi connectivity index (χ4v) is 3.16. The maximum absolute atomic E-state index is 12.0. The van der Waals surface area contributed by atoms with E-state index in [1.54, 1.807) is 36.0 Å². The Labute approximate surface area is 111 Å². The molecular formula is C14H17NO2S. The molecule has 0 bridgehead atoms. The van der Waals surface area contributed by atoms with E-state index in [0.717, 1.165) is 24.3 Å². The van der Waals surface area contributed by atoms with Gasteiger partial charge in [-0.05, 0) is 49.8 Å². The number of thioether (sulfide) groups is 1. The number of carbonyl (C=O) groups excluding carboxylic acids is 2. The number of benzene rings is 1. The van der Waals surface area contributed by atoms with Crippen molar-refractivity contribution in [3.05, 3.63) is 29.8 Å². The number of Topliss-reactive ketones (excluding diaryl/α,β-unsaturated/α-hetero) is 1. The third-order valence-electron chi connectivity index (χ3n) is 3.03. The molecule has 3 nitrogen and oxygen atoms in total. The summed E-state index contributed by atoms with van der Waals surface area (Å²) in [7, 11) is 0. The summed E-state index contributed by atoms with van der Waals surface area (Å²) in [6, 6.07) is 7.04. The monoisotopic (exact) mass is 263 g/mol. The van der Waals surface area contributed by atoms with Gasteiger partial charge in [0, 0.05) is 11.3 Å². The molecule has 1 atom stereocenters. The van der Waals surface area contributed by atoms with Crippen LogP contribution in [0.25, 0.3) is 0 Å². The first-order valence-corrected chi connectivity index (χ1v) is 7.25. The zero-order chi connectivity index (χ0) is 13.0. The van der Waals surface area contributed by atoms with Crippen LogP contribution in [-0.2, 0) is 4.79 Å². The SMILES string of the molecule is CC(=O)c1ccc(NC(=O)C2CCCCS2)cc1. The van der Waals surface area contributed by atoms with Crippen molar-refractivity contribution in [1.82, 2.24) is 0 Å². The van der Waals surface area contributed by atoms with Gasteiger partial charge in [0.25, 0.3) is 0 Å². The second-order valence-corrected chi connectivity index (χ2v) is 5.79. The Bertz CT molecular complexity index is 436. The average Bonchev–Trinajstić information content (AvgIpc) is 2.40. The Morgan fingerprint density at radius 2 is 1.94 bits per heavy atom. The fourth-order valence-electron chi connectivity index (χ4n) is 1.96. The summed E-state index contributed by atoms with van der Waals surface area (Å²) in [5, 5.41) is 2.98. The standard InChI is InChI=1S/C14H17NO2S/c1-10(16)11-5-7-12(8-6-11)15-14(17)13-4-2-3-9-18-13/h5-8,13H,2-4,9H2,1H3,(H,15,17). The molecule has 1 aromatic carbocycles. The van der Waals surface area contributed by atoms with Crippen molar-refractivity contribution in [2.24, 2.45) is 0 Å². The third-order valence-corrected chi connectivity index (χ3v) is 4.41. The molecule has 4 heteroatoms. The van der Waals surface area contributed by atoms with E-state index in [1.165, 1.54) is 13.3 Å². The number of hydrogen-bond acceptors (Lipinski definition) is 3. The Morgan fingerprint density at radius 3 is 2.50 bits per heavy atom. The van der Waals surface area contributed by atoms with Crippen LogP contribution < -0.4 is 5.32 Å². The third kappa shape index (κ3) is 3.35. The Morgan fingerprint density at radius 1 is 1.22 bits per heavy atom. The van der Waals surface area contributed by atoms with Gasteiger partial charge in [0.2, 0.25) is 5.91 Å². The van der Waals surface area contributed by atoms with Crippen molar-refractivity contribution in [2.75, 3.05) is 11.1 Å². The summed E-state index contributed by atoms with van der Waals surface area (Å²) in [5.41, 5.74) is 1.43. The Hall–Kier alpha value is -1.29. The van der Waals surface area contributed by atoms with Gasteiger partial charge in [0.15, 0.2) is 5.78 Å². The lowest BCUT2D eigenvalue weighted by atomic mass is 10.1. The first-order valence-electron chi connectivity index (χ1n) is 6.20. The molecular weight excluding hydrogens is 246 g/mol. The molecule has 0 radical (unpaired) electrons. The second kappa shape index (κ2) is 6.05. The first kappa shape index (κ1) is 13.1. The van der Waals surface area contributed by atoms with Crippen LogP contribution in [0.3, 0.4) is 0 Å². The molecule has 1 amide bonds. The smallest absolute Gasteiger partial charge is 0.237 e. The lowest BCUT2D eigenvalue weighted by Gasteiger charge is -2.20. The predicted octanol–water partition coefficient (Wildman–Crippen LogP) is 3.11. The highest BCUT2D eigenvalue weighted by Gasteiger charge is 2.21. The molecule has 0 spiro atoms. The van der Waals surface area contributed by atoms with Crippen molar-refractivity contribution in [3.63, 3.8) is 0 Å². The summed E-state index contributed by atoms with van der Waals surface area (Å²) in [6.45, 7) is 1.53. The molecule has 1 N–H and O–H groups in total. The van der Waals surface area contributed by atoms with Crippen LogP contribution in [0.1, 0.15) is 36.5 Å². The van der Waals surface area contributed by atoms with E-state index in [2.05, 4.69) is 5.32 Å². The minimum absolute atomic E-state index is 0.0377. The van der Waals surface area contributed by atoms with Gasteiger partial charge in [-0.2, -0.15) is 0 Å². The fraction of sp³-hybridized carbons (Fsp3) is 0.429. The minimum atomic E-state index is 0.0377. The number of ketones is 1. The maximum Gasteiger partial charge on any atom is 0.237 e. The predicted molar refractivity (Wildman–Crippen MR) is 75.2 cm³/mol. The number of amides is 1. The molecule has 2 rings (SSSR count). The highest BCUT2D eigenvalue weighted by molar-refractivity contribution is 8.00. The van der Waals surface area contributed by atoms with Crippen molar-refractivity contribution in [3.8, 4) is 0 Å². The summed E-state index contributed by atoms with van der Waals surface area (Å²) in [6.07, 6.45) is 3.30. The van der Waals surface area contributed by atoms with E-state index in [9.17, 15) is 9.59 Å². The molecule has 1 saturated heterocycles. The van der Waals surface area contributed by atoms with E-state index in [1.807, 2.05) is 0 Å². The lowest BCUT2D eigenvalue weighted by molar-refractivity contribution is -0.115. The van der Waals surface area contributed by atoms with E-state index in [0.29, 0.717) is 5.56 Å². The summed E-state index contributed by atoms with van der Waals surface area (Å²) < 4.78 is 0.